The molecule has 196 valence electrons. The fraction of sp³-hybridized carbons (Fsp3) is 0.407. The lowest BCUT2D eigenvalue weighted by Gasteiger charge is -2.34. The number of methoxy groups -OCH3 is 1. The minimum absolute atomic E-state index is 0.0885. The molecule has 10 heteroatoms. The summed E-state index contributed by atoms with van der Waals surface area (Å²) in [5.74, 6) is 0.971. The van der Waals surface area contributed by atoms with Gasteiger partial charge < -0.3 is 34.6 Å². The molecule has 0 spiro atoms. The van der Waals surface area contributed by atoms with Gasteiger partial charge in [-0.3, -0.25) is 9.78 Å². The summed E-state index contributed by atoms with van der Waals surface area (Å²) < 4.78 is 23.5. The van der Waals surface area contributed by atoms with Gasteiger partial charge in [0.15, 0.2) is 5.75 Å². The first-order chi connectivity index (χ1) is 17.8. The number of pyridine rings is 1. The van der Waals surface area contributed by atoms with E-state index in [9.17, 15) is 4.79 Å². The molecule has 1 aromatic carbocycles. The summed E-state index contributed by atoms with van der Waals surface area (Å²) in [5.41, 5.74) is 3.78. The number of anilines is 2. The fourth-order valence-electron chi connectivity index (χ4n) is 4.54. The van der Waals surface area contributed by atoms with E-state index in [0.717, 1.165) is 11.3 Å². The molecule has 37 heavy (non-hydrogen) atoms. The highest BCUT2D eigenvalue weighted by molar-refractivity contribution is 6.32. The largest absolute Gasteiger partial charge is 0.493 e. The summed E-state index contributed by atoms with van der Waals surface area (Å²) in [6.45, 7) is 7.84. The van der Waals surface area contributed by atoms with E-state index in [1.54, 1.807) is 25.6 Å². The van der Waals surface area contributed by atoms with Gasteiger partial charge in [0.25, 0.3) is 5.91 Å². The highest BCUT2D eigenvalue weighted by atomic mass is 35.5. The summed E-state index contributed by atoms with van der Waals surface area (Å²) in [4.78, 5) is 20.8. The third-order valence-corrected chi connectivity index (χ3v) is 6.85. The summed E-state index contributed by atoms with van der Waals surface area (Å²) in [7, 11) is 1.56. The van der Waals surface area contributed by atoms with Gasteiger partial charge in [-0.1, -0.05) is 24.6 Å². The number of hydrogen-bond donors (Lipinski definition) is 3. The highest BCUT2D eigenvalue weighted by Crippen LogP contribution is 2.44. The number of amides is 1. The van der Waals surface area contributed by atoms with Crippen molar-refractivity contribution in [1.29, 1.82) is 0 Å². The van der Waals surface area contributed by atoms with Crippen LogP contribution in [0.15, 0.2) is 36.7 Å². The Morgan fingerprint density at radius 1 is 1.30 bits per heavy atom. The number of H-pyrrole nitrogens is 1. The van der Waals surface area contributed by atoms with Crippen LogP contribution in [0.1, 0.15) is 42.7 Å². The molecule has 3 aromatic rings. The number of nitrogens with zero attached hydrogens (tertiary/aromatic N) is 1. The average Bonchev–Trinajstić information content (AvgIpc) is 3.26. The van der Waals surface area contributed by atoms with Crippen molar-refractivity contribution in [1.82, 2.24) is 15.3 Å². The van der Waals surface area contributed by atoms with Gasteiger partial charge in [0.05, 0.1) is 59.8 Å². The minimum atomic E-state index is -0.307. The molecule has 1 amide bonds. The number of halogens is 1. The van der Waals surface area contributed by atoms with Crippen LogP contribution in [0, 0.1) is 0 Å². The molecule has 1 saturated heterocycles. The first kappa shape index (κ1) is 25.4. The smallest absolute Gasteiger partial charge is 0.255 e. The molecular formula is C27H31ClN4O5. The number of benzene rings is 1. The maximum atomic E-state index is 13.1. The maximum Gasteiger partial charge on any atom is 0.255 e. The number of fused-ring (bicyclic) bond motifs is 1. The van der Waals surface area contributed by atoms with Crippen molar-refractivity contribution >= 4 is 28.9 Å². The number of nitrogens with one attached hydrogen (secondary N) is 3. The van der Waals surface area contributed by atoms with E-state index in [1.807, 2.05) is 32.0 Å². The molecule has 3 N–H and O–H groups in total. The SMILES string of the molecule is COc1c(Cl)cccc1Nc1c(-c2ccncc2OC[C@H]2COC(C)(C)CO2)[nH]c2c1C(=O)NC[C@@H]2C. The zero-order valence-corrected chi connectivity index (χ0v) is 22.1. The van der Waals surface area contributed by atoms with E-state index in [-0.39, 0.29) is 23.5 Å². The number of hydrogen-bond acceptors (Lipinski definition) is 7. The Kier molecular flexibility index (Phi) is 7.02. The van der Waals surface area contributed by atoms with Crippen LogP contribution in [-0.4, -0.2) is 61.1 Å². The molecule has 2 aliphatic heterocycles. The van der Waals surface area contributed by atoms with Gasteiger partial charge in [-0.2, -0.15) is 0 Å². The summed E-state index contributed by atoms with van der Waals surface area (Å²) in [6.07, 6.45) is 3.16. The molecule has 2 atom stereocenters. The van der Waals surface area contributed by atoms with Crippen LogP contribution in [0.3, 0.4) is 0 Å². The standard InChI is InChI=1S/C27H31ClN4O5/c1-15-10-30-26(33)21-22(15)32-23(24(21)31-19-7-5-6-18(28)25(19)34-4)17-8-9-29-11-20(17)35-12-16-13-37-27(2,3)14-36-16/h5-9,11,15-16,31-32H,10,12-14H2,1-4H3,(H,30,33)/t15-,16-/m0/s1. The van der Waals surface area contributed by atoms with Crippen LogP contribution in [-0.2, 0) is 9.47 Å². The summed E-state index contributed by atoms with van der Waals surface area (Å²) in [5, 5.41) is 6.85. The van der Waals surface area contributed by atoms with Crippen molar-refractivity contribution < 1.29 is 23.7 Å². The second kappa shape index (κ2) is 10.2. The highest BCUT2D eigenvalue weighted by Gasteiger charge is 2.33. The number of para-hydroxylation sites is 1. The van der Waals surface area contributed by atoms with Crippen LogP contribution < -0.4 is 20.1 Å². The number of aromatic nitrogens is 2. The predicted octanol–water partition coefficient (Wildman–Crippen LogP) is 4.90. The average molecular weight is 527 g/mol. The fourth-order valence-corrected chi connectivity index (χ4v) is 4.80. The lowest BCUT2D eigenvalue weighted by atomic mass is 9.98. The molecule has 5 rings (SSSR count). The minimum Gasteiger partial charge on any atom is -0.493 e. The molecule has 0 unspecified atom stereocenters. The molecule has 0 bridgehead atoms. The predicted molar refractivity (Wildman–Crippen MR) is 141 cm³/mol. The van der Waals surface area contributed by atoms with Gasteiger partial charge in [-0.25, -0.2) is 0 Å². The lowest BCUT2D eigenvalue weighted by molar-refractivity contribution is -0.181. The second-order valence-electron chi connectivity index (χ2n) is 9.91. The third kappa shape index (κ3) is 5.12. The molecule has 0 radical (unpaired) electrons. The van der Waals surface area contributed by atoms with Crippen LogP contribution >= 0.6 is 11.6 Å². The molecule has 9 nitrogen and oxygen atoms in total. The Morgan fingerprint density at radius 3 is 2.89 bits per heavy atom. The summed E-state index contributed by atoms with van der Waals surface area (Å²) >= 11 is 6.38. The quantitative estimate of drug-likeness (QED) is 0.402. The first-order valence-corrected chi connectivity index (χ1v) is 12.6. The monoisotopic (exact) mass is 526 g/mol. The topological polar surface area (TPSA) is 107 Å². The summed E-state index contributed by atoms with van der Waals surface area (Å²) in [6, 6.07) is 7.28. The van der Waals surface area contributed by atoms with Gasteiger partial charge in [0, 0.05) is 29.9 Å². The Labute approximate surface area is 220 Å². The normalized spacial score (nSPS) is 20.6. The van der Waals surface area contributed by atoms with Crippen molar-refractivity contribution in [2.45, 2.75) is 38.4 Å². The maximum absolute atomic E-state index is 13.1. The van der Waals surface area contributed by atoms with E-state index >= 15 is 0 Å². The van der Waals surface area contributed by atoms with Gasteiger partial charge >= 0.3 is 0 Å². The lowest BCUT2D eigenvalue weighted by Crippen LogP contribution is -2.44. The molecule has 0 aliphatic carbocycles. The van der Waals surface area contributed by atoms with Crippen molar-refractivity contribution in [3.8, 4) is 22.8 Å². The Bertz CT molecular complexity index is 1300. The van der Waals surface area contributed by atoms with Crippen molar-refractivity contribution in [2.24, 2.45) is 0 Å². The van der Waals surface area contributed by atoms with Crippen molar-refractivity contribution in [3.05, 3.63) is 52.9 Å². The number of aromatic amines is 1. The van der Waals surface area contributed by atoms with E-state index in [2.05, 4.69) is 27.5 Å². The molecule has 0 saturated carbocycles. The van der Waals surface area contributed by atoms with E-state index in [4.69, 9.17) is 30.5 Å². The zero-order valence-electron chi connectivity index (χ0n) is 21.3. The molecular weight excluding hydrogens is 496 g/mol. The Balaban J connectivity index is 1.53. The third-order valence-electron chi connectivity index (χ3n) is 6.55. The Morgan fingerprint density at radius 2 is 2.14 bits per heavy atom. The van der Waals surface area contributed by atoms with Crippen LogP contribution in [0.4, 0.5) is 11.4 Å². The number of carbonyl (C=O) groups excluding carboxylic acids is 1. The second-order valence-corrected chi connectivity index (χ2v) is 10.3. The van der Waals surface area contributed by atoms with Crippen molar-refractivity contribution in [3.63, 3.8) is 0 Å². The zero-order chi connectivity index (χ0) is 26.2. The Hall–Kier alpha value is -3.27. The van der Waals surface area contributed by atoms with Gasteiger partial charge in [0.1, 0.15) is 18.5 Å². The molecule has 2 aliphatic rings. The van der Waals surface area contributed by atoms with Gasteiger partial charge in [-0.05, 0) is 32.0 Å². The van der Waals surface area contributed by atoms with Crippen LogP contribution in [0.5, 0.6) is 11.5 Å². The van der Waals surface area contributed by atoms with E-state index in [0.29, 0.717) is 65.5 Å². The van der Waals surface area contributed by atoms with Crippen LogP contribution in [0.2, 0.25) is 5.02 Å². The van der Waals surface area contributed by atoms with E-state index in [1.165, 1.54) is 0 Å². The van der Waals surface area contributed by atoms with Gasteiger partial charge in [0.2, 0.25) is 0 Å². The first-order valence-electron chi connectivity index (χ1n) is 12.2. The molecule has 4 heterocycles. The number of carbonyl (C=O) groups is 1. The number of rotatable bonds is 7. The molecule has 2 aromatic heterocycles. The van der Waals surface area contributed by atoms with E-state index < -0.39 is 0 Å². The van der Waals surface area contributed by atoms with Gasteiger partial charge in [-0.15, -0.1) is 0 Å². The molecule has 1 fully saturated rings. The number of ether oxygens (including phenoxy) is 4. The van der Waals surface area contributed by atoms with Crippen molar-refractivity contribution in [2.75, 3.05) is 38.8 Å². The van der Waals surface area contributed by atoms with Crippen LogP contribution in [0.25, 0.3) is 11.3 Å².